The van der Waals surface area contributed by atoms with E-state index in [1.54, 1.807) is 17.9 Å². The zero-order valence-corrected chi connectivity index (χ0v) is 22.1. The van der Waals surface area contributed by atoms with Crippen LogP contribution < -0.4 is 9.62 Å². The molecular formula is C27H36FN3O4S. The zero-order valence-electron chi connectivity index (χ0n) is 21.2. The highest BCUT2D eigenvalue weighted by Crippen LogP contribution is 2.23. The van der Waals surface area contributed by atoms with Gasteiger partial charge in [0.25, 0.3) is 0 Å². The molecule has 0 unspecified atom stereocenters. The number of carbonyl (C=O) groups is 2. The van der Waals surface area contributed by atoms with Crippen LogP contribution in [0.1, 0.15) is 56.6 Å². The summed E-state index contributed by atoms with van der Waals surface area (Å²) in [5.74, 6) is -1.09. The average Bonchev–Trinajstić information content (AvgIpc) is 3.33. The van der Waals surface area contributed by atoms with E-state index in [0.717, 1.165) is 47.4 Å². The Morgan fingerprint density at radius 1 is 1.11 bits per heavy atom. The van der Waals surface area contributed by atoms with Crippen molar-refractivity contribution in [2.45, 2.75) is 71.0 Å². The second kappa shape index (κ2) is 12.3. The normalized spacial score (nSPS) is 14.9. The van der Waals surface area contributed by atoms with Gasteiger partial charge in [-0.15, -0.1) is 0 Å². The Morgan fingerprint density at radius 2 is 1.81 bits per heavy atom. The highest BCUT2D eigenvalue weighted by Gasteiger charge is 2.29. The Bertz CT molecular complexity index is 1170. The minimum atomic E-state index is -3.75. The number of nitrogens with zero attached hydrogens (tertiary/aromatic N) is 2. The molecule has 0 aliphatic heterocycles. The minimum Gasteiger partial charge on any atom is -0.352 e. The lowest BCUT2D eigenvalue weighted by molar-refractivity contribution is -0.141. The number of para-hydroxylation sites is 1. The van der Waals surface area contributed by atoms with Gasteiger partial charge in [0.1, 0.15) is 11.9 Å². The van der Waals surface area contributed by atoms with Crippen molar-refractivity contribution in [2.24, 2.45) is 0 Å². The topological polar surface area (TPSA) is 86.8 Å². The van der Waals surface area contributed by atoms with E-state index < -0.39 is 21.9 Å². The van der Waals surface area contributed by atoms with Gasteiger partial charge in [0.2, 0.25) is 21.8 Å². The molecule has 0 radical (unpaired) electrons. The summed E-state index contributed by atoms with van der Waals surface area (Å²) in [7, 11) is -3.75. The van der Waals surface area contributed by atoms with Gasteiger partial charge in [-0.3, -0.25) is 13.9 Å². The summed E-state index contributed by atoms with van der Waals surface area (Å²) < 4.78 is 40.0. The molecule has 7 nitrogen and oxygen atoms in total. The fourth-order valence-electron chi connectivity index (χ4n) is 4.62. The van der Waals surface area contributed by atoms with E-state index in [4.69, 9.17) is 0 Å². The molecular weight excluding hydrogens is 481 g/mol. The molecule has 2 aromatic carbocycles. The first-order valence-electron chi connectivity index (χ1n) is 12.4. The number of amides is 2. The molecule has 0 aromatic heterocycles. The number of aryl methyl sites for hydroxylation is 1. The first-order valence-corrected chi connectivity index (χ1v) is 14.3. The molecule has 1 saturated carbocycles. The molecule has 36 heavy (non-hydrogen) atoms. The van der Waals surface area contributed by atoms with Crippen LogP contribution in [0, 0.1) is 12.7 Å². The van der Waals surface area contributed by atoms with Crippen LogP contribution in [0.4, 0.5) is 10.1 Å². The van der Waals surface area contributed by atoms with Crippen LogP contribution in [0.15, 0.2) is 48.5 Å². The summed E-state index contributed by atoms with van der Waals surface area (Å²) in [4.78, 5) is 27.9. The Labute approximate surface area is 213 Å². The van der Waals surface area contributed by atoms with Crippen molar-refractivity contribution in [1.29, 1.82) is 0 Å². The molecule has 0 heterocycles. The Balaban J connectivity index is 1.72. The van der Waals surface area contributed by atoms with E-state index in [0.29, 0.717) is 0 Å². The zero-order chi connectivity index (χ0) is 26.3. The minimum absolute atomic E-state index is 0.0212. The van der Waals surface area contributed by atoms with E-state index in [-0.39, 0.29) is 49.5 Å². The Hall–Kier alpha value is -2.94. The van der Waals surface area contributed by atoms with Crippen LogP contribution >= 0.6 is 0 Å². The van der Waals surface area contributed by atoms with Crippen molar-refractivity contribution < 1.29 is 22.4 Å². The van der Waals surface area contributed by atoms with Crippen LogP contribution in [0.5, 0.6) is 0 Å². The number of carbonyl (C=O) groups excluding carboxylic acids is 2. The lowest BCUT2D eigenvalue weighted by Gasteiger charge is -2.30. The first-order chi connectivity index (χ1) is 17.1. The fraction of sp³-hybridized carbons (Fsp3) is 0.481. The predicted octanol–water partition coefficient (Wildman–Crippen LogP) is 4.16. The summed E-state index contributed by atoms with van der Waals surface area (Å²) in [5, 5.41) is 3.07. The van der Waals surface area contributed by atoms with Crippen molar-refractivity contribution in [2.75, 3.05) is 17.1 Å². The number of hydrogen-bond acceptors (Lipinski definition) is 4. The SMILES string of the molecule is Cc1cccc(CN(C(=O)CCCN(c2ccccc2F)S(C)(=O)=O)[C@@H](C)C(=O)NC2CCCC2)c1. The number of nitrogens with one attached hydrogen (secondary N) is 1. The maximum Gasteiger partial charge on any atom is 0.242 e. The summed E-state index contributed by atoms with van der Waals surface area (Å²) in [5.41, 5.74) is 1.91. The van der Waals surface area contributed by atoms with Crippen molar-refractivity contribution in [3.8, 4) is 0 Å². The number of anilines is 1. The smallest absolute Gasteiger partial charge is 0.242 e. The summed E-state index contributed by atoms with van der Waals surface area (Å²) in [6, 6.07) is 12.9. The molecule has 1 aliphatic carbocycles. The number of sulfonamides is 1. The van der Waals surface area contributed by atoms with Crippen molar-refractivity contribution in [3.05, 3.63) is 65.5 Å². The van der Waals surface area contributed by atoms with Gasteiger partial charge in [-0.05, 0) is 50.8 Å². The Morgan fingerprint density at radius 3 is 2.44 bits per heavy atom. The van der Waals surface area contributed by atoms with Gasteiger partial charge in [0.05, 0.1) is 11.9 Å². The third-order valence-corrected chi connectivity index (χ3v) is 7.76. The van der Waals surface area contributed by atoms with E-state index >= 15 is 0 Å². The van der Waals surface area contributed by atoms with Crippen molar-refractivity contribution in [3.63, 3.8) is 0 Å². The van der Waals surface area contributed by atoms with Crippen molar-refractivity contribution in [1.82, 2.24) is 10.2 Å². The van der Waals surface area contributed by atoms with E-state index in [1.807, 2.05) is 31.2 Å². The van der Waals surface area contributed by atoms with E-state index in [2.05, 4.69) is 5.32 Å². The lowest BCUT2D eigenvalue weighted by Crippen LogP contribution is -2.49. The standard InChI is InChI=1S/C27H36FN3O4S/c1-20-10-8-11-22(18-20)19-30(21(2)27(33)29-23-12-4-5-13-23)26(32)16-9-17-31(36(3,34)35)25-15-7-6-14-24(25)28/h6-8,10-11,14-15,18,21,23H,4-5,9,12-13,16-17,19H2,1-3H3,(H,29,33)/t21-/m0/s1. The highest BCUT2D eigenvalue weighted by atomic mass is 32.2. The average molecular weight is 518 g/mol. The molecule has 0 bridgehead atoms. The second-order valence-corrected chi connectivity index (χ2v) is 11.5. The van der Waals surface area contributed by atoms with E-state index in [1.165, 1.54) is 18.2 Å². The highest BCUT2D eigenvalue weighted by molar-refractivity contribution is 7.92. The van der Waals surface area contributed by atoms with Crippen LogP contribution in [0.3, 0.4) is 0 Å². The third kappa shape index (κ3) is 7.53. The quantitative estimate of drug-likeness (QED) is 0.485. The molecule has 9 heteroatoms. The maximum atomic E-state index is 14.3. The molecule has 196 valence electrons. The van der Waals surface area contributed by atoms with Gasteiger partial charge in [-0.1, -0.05) is 54.8 Å². The number of halogens is 1. The monoisotopic (exact) mass is 517 g/mol. The summed E-state index contributed by atoms with van der Waals surface area (Å²) in [6.07, 6.45) is 5.28. The molecule has 0 spiro atoms. The summed E-state index contributed by atoms with van der Waals surface area (Å²) >= 11 is 0. The molecule has 1 N–H and O–H groups in total. The molecule has 2 amide bonds. The van der Waals surface area contributed by atoms with Gasteiger partial charge in [-0.25, -0.2) is 12.8 Å². The van der Waals surface area contributed by atoms with Crippen molar-refractivity contribution >= 4 is 27.5 Å². The number of hydrogen-bond donors (Lipinski definition) is 1. The van der Waals surface area contributed by atoms with Crippen LogP contribution in [-0.4, -0.2) is 50.0 Å². The van der Waals surface area contributed by atoms with Crippen LogP contribution in [0.25, 0.3) is 0 Å². The molecule has 1 fully saturated rings. The van der Waals surface area contributed by atoms with Gasteiger partial charge >= 0.3 is 0 Å². The first kappa shape index (κ1) is 27.6. The largest absolute Gasteiger partial charge is 0.352 e. The van der Waals surface area contributed by atoms with E-state index in [9.17, 15) is 22.4 Å². The number of rotatable bonds is 11. The second-order valence-electron chi connectivity index (χ2n) is 9.57. The predicted molar refractivity (Wildman–Crippen MR) is 139 cm³/mol. The third-order valence-electron chi connectivity index (χ3n) is 6.58. The fourth-order valence-corrected chi connectivity index (χ4v) is 5.58. The van der Waals surface area contributed by atoms with Gasteiger partial charge < -0.3 is 10.2 Å². The Kier molecular flexibility index (Phi) is 9.48. The molecule has 3 rings (SSSR count). The number of benzene rings is 2. The van der Waals surface area contributed by atoms with Gasteiger partial charge in [-0.2, -0.15) is 0 Å². The van der Waals surface area contributed by atoms with Gasteiger partial charge in [0.15, 0.2) is 0 Å². The molecule has 1 aliphatic rings. The maximum absolute atomic E-state index is 14.3. The van der Waals surface area contributed by atoms with Crippen LogP contribution in [0.2, 0.25) is 0 Å². The molecule has 2 aromatic rings. The van der Waals surface area contributed by atoms with Gasteiger partial charge in [0, 0.05) is 25.6 Å². The molecule has 1 atom stereocenters. The lowest BCUT2D eigenvalue weighted by atomic mass is 10.1. The molecule has 0 saturated heterocycles. The van der Waals surface area contributed by atoms with Crippen LogP contribution in [-0.2, 0) is 26.2 Å². The summed E-state index contributed by atoms with van der Waals surface area (Å²) in [6.45, 7) is 3.91.